The number of benzene rings is 1. The number of nitrogens with zero attached hydrogens (tertiary/aromatic N) is 4. The largest absolute Gasteiger partial charge is 0.394 e. The molecule has 124 valence electrons. The van der Waals surface area contributed by atoms with Gasteiger partial charge in [0.05, 0.1) is 12.6 Å². The monoisotopic (exact) mass is 321 g/mol. The van der Waals surface area contributed by atoms with Crippen molar-refractivity contribution in [3.05, 3.63) is 41.5 Å². The number of aryl methyl sites for hydroxylation is 1. The number of carbonyl (C=O) groups excluding carboxylic acids is 1. The van der Waals surface area contributed by atoms with Gasteiger partial charge in [-0.15, -0.1) is 5.10 Å². The highest BCUT2D eigenvalue weighted by Crippen LogP contribution is 2.16. The molecule has 0 aliphatic carbocycles. The molecule has 0 bridgehead atoms. The molecular weight excluding hydrogens is 301 g/mol. The molecule has 7 nitrogen and oxygen atoms in total. The Morgan fingerprint density at radius 2 is 2.09 bits per heavy atom. The van der Waals surface area contributed by atoms with E-state index in [9.17, 15) is 14.3 Å². The van der Waals surface area contributed by atoms with E-state index in [2.05, 4.69) is 20.8 Å². The second-order valence-corrected chi connectivity index (χ2v) is 5.31. The van der Waals surface area contributed by atoms with Gasteiger partial charge in [0.2, 0.25) is 5.91 Å². The smallest absolute Gasteiger partial charge is 0.245 e. The number of aliphatic hydroxyl groups is 1. The summed E-state index contributed by atoms with van der Waals surface area (Å²) in [6.45, 7) is 3.44. The summed E-state index contributed by atoms with van der Waals surface area (Å²) in [5.41, 5.74) is 0.790. The molecule has 2 atom stereocenters. The normalized spacial score (nSPS) is 13.6. The zero-order valence-corrected chi connectivity index (χ0v) is 13.1. The standard InChI is InChI=1S/C15H20FN5O2/c1-3-13(9-22)17-15(23)14(21-10(2)18-19-20-21)8-11-4-6-12(16)7-5-11/h4-7,13-14,22H,3,8-9H2,1-2H3,(H,17,23). The predicted molar refractivity (Wildman–Crippen MR) is 81.0 cm³/mol. The van der Waals surface area contributed by atoms with Gasteiger partial charge in [-0.1, -0.05) is 19.1 Å². The first-order chi connectivity index (χ1) is 11.0. The van der Waals surface area contributed by atoms with E-state index in [1.165, 1.54) is 16.8 Å². The van der Waals surface area contributed by atoms with Crippen molar-refractivity contribution in [3.8, 4) is 0 Å². The molecule has 0 radical (unpaired) electrons. The lowest BCUT2D eigenvalue weighted by atomic mass is 10.0. The third kappa shape index (κ3) is 4.32. The summed E-state index contributed by atoms with van der Waals surface area (Å²) in [6, 6.07) is 4.95. The van der Waals surface area contributed by atoms with Gasteiger partial charge in [-0.05, 0) is 41.5 Å². The highest BCUT2D eigenvalue weighted by atomic mass is 19.1. The van der Waals surface area contributed by atoms with E-state index < -0.39 is 6.04 Å². The van der Waals surface area contributed by atoms with Gasteiger partial charge in [-0.3, -0.25) is 4.79 Å². The van der Waals surface area contributed by atoms with Crippen LogP contribution in [0.25, 0.3) is 0 Å². The van der Waals surface area contributed by atoms with Crippen LogP contribution in [0.5, 0.6) is 0 Å². The van der Waals surface area contributed by atoms with Gasteiger partial charge in [-0.2, -0.15) is 0 Å². The van der Waals surface area contributed by atoms with E-state index >= 15 is 0 Å². The number of nitrogens with one attached hydrogen (secondary N) is 1. The van der Waals surface area contributed by atoms with Crippen LogP contribution in [0.2, 0.25) is 0 Å². The predicted octanol–water partition coefficient (Wildman–Crippen LogP) is 0.792. The topological polar surface area (TPSA) is 92.9 Å². The van der Waals surface area contributed by atoms with Crippen LogP contribution in [0.3, 0.4) is 0 Å². The van der Waals surface area contributed by atoms with Crippen molar-refractivity contribution in [1.82, 2.24) is 25.5 Å². The van der Waals surface area contributed by atoms with Gasteiger partial charge in [0.25, 0.3) is 0 Å². The van der Waals surface area contributed by atoms with Crippen molar-refractivity contribution in [2.75, 3.05) is 6.61 Å². The summed E-state index contributed by atoms with van der Waals surface area (Å²) in [5.74, 6) is -0.116. The molecule has 1 aromatic heterocycles. The van der Waals surface area contributed by atoms with Gasteiger partial charge >= 0.3 is 0 Å². The van der Waals surface area contributed by atoms with E-state index in [1.807, 2.05) is 6.92 Å². The molecule has 0 saturated heterocycles. The van der Waals surface area contributed by atoms with Gasteiger partial charge in [0.15, 0.2) is 0 Å². The van der Waals surface area contributed by atoms with E-state index in [0.717, 1.165) is 5.56 Å². The minimum Gasteiger partial charge on any atom is -0.394 e. The number of aliphatic hydroxyl groups excluding tert-OH is 1. The molecule has 1 heterocycles. The van der Waals surface area contributed by atoms with Crippen LogP contribution >= 0.6 is 0 Å². The molecule has 0 spiro atoms. The highest BCUT2D eigenvalue weighted by Gasteiger charge is 2.25. The fraction of sp³-hybridized carbons (Fsp3) is 0.467. The number of tetrazole rings is 1. The zero-order chi connectivity index (χ0) is 16.8. The third-order valence-electron chi connectivity index (χ3n) is 3.66. The summed E-state index contributed by atoms with van der Waals surface area (Å²) < 4.78 is 14.5. The van der Waals surface area contributed by atoms with Crippen LogP contribution in [0, 0.1) is 12.7 Å². The second-order valence-electron chi connectivity index (χ2n) is 5.31. The Morgan fingerprint density at radius 1 is 1.39 bits per heavy atom. The fourth-order valence-corrected chi connectivity index (χ4v) is 2.23. The maximum absolute atomic E-state index is 13.0. The van der Waals surface area contributed by atoms with E-state index in [4.69, 9.17) is 0 Å². The number of rotatable bonds is 7. The highest BCUT2D eigenvalue weighted by molar-refractivity contribution is 5.80. The van der Waals surface area contributed by atoms with Crippen LogP contribution in [-0.2, 0) is 11.2 Å². The van der Waals surface area contributed by atoms with Crippen molar-refractivity contribution >= 4 is 5.91 Å². The second kappa shape index (κ2) is 7.77. The molecule has 2 unspecified atom stereocenters. The molecule has 0 fully saturated rings. The molecule has 0 saturated carbocycles. The van der Waals surface area contributed by atoms with Crippen LogP contribution in [-0.4, -0.2) is 43.9 Å². The number of hydrogen-bond acceptors (Lipinski definition) is 5. The Labute approximate surface area is 133 Å². The maximum atomic E-state index is 13.0. The van der Waals surface area contributed by atoms with Crippen LogP contribution in [0.4, 0.5) is 4.39 Å². The average Bonchev–Trinajstić information content (AvgIpc) is 2.97. The average molecular weight is 321 g/mol. The number of hydrogen-bond donors (Lipinski definition) is 2. The van der Waals surface area contributed by atoms with Gasteiger partial charge in [0.1, 0.15) is 17.7 Å². The lowest BCUT2D eigenvalue weighted by Gasteiger charge is -2.21. The summed E-state index contributed by atoms with van der Waals surface area (Å²) in [6.07, 6.45) is 0.931. The van der Waals surface area contributed by atoms with Crippen LogP contribution in [0.1, 0.15) is 30.8 Å². The molecule has 2 rings (SSSR count). The number of carbonyl (C=O) groups is 1. The molecule has 8 heteroatoms. The Kier molecular flexibility index (Phi) is 5.75. The minimum absolute atomic E-state index is 0.139. The molecule has 23 heavy (non-hydrogen) atoms. The first-order valence-electron chi connectivity index (χ1n) is 7.45. The van der Waals surface area contributed by atoms with Crippen molar-refractivity contribution in [2.45, 2.75) is 38.8 Å². The number of amides is 1. The van der Waals surface area contributed by atoms with E-state index in [-0.39, 0.29) is 24.4 Å². The molecule has 1 aromatic carbocycles. The quantitative estimate of drug-likeness (QED) is 0.786. The first-order valence-corrected chi connectivity index (χ1v) is 7.45. The Hall–Kier alpha value is -2.35. The number of aromatic nitrogens is 4. The Balaban J connectivity index is 2.23. The summed E-state index contributed by atoms with van der Waals surface area (Å²) in [5, 5.41) is 23.3. The zero-order valence-electron chi connectivity index (χ0n) is 13.1. The van der Waals surface area contributed by atoms with Crippen LogP contribution < -0.4 is 5.32 Å². The van der Waals surface area contributed by atoms with Crippen LogP contribution in [0.15, 0.2) is 24.3 Å². The van der Waals surface area contributed by atoms with Gasteiger partial charge < -0.3 is 10.4 Å². The molecule has 2 aromatic rings. The number of halogens is 1. The molecule has 0 aliphatic heterocycles. The van der Waals surface area contributed by atoms with Crippen molar-refractivity contribution < 1.29 is 14.3 Å². The summed E-state index contributed by atoms with van der Waals surface area (Å²) in [4.78, 5) is 12.6. The minimum atomic E-state index is -0.670. The van der Waals surface area contributed by atoms with E-state index in [1.54, 1.807) is 19.1 Å². The first kappa shape index (κ1) is 17.0. The van der Waals surface area contributed by atoms with Gasteiger partial charge in [-0.25, -0.2) is 9.07 Å². The maximum Gasteiger partial charge on any atom is 0.245 e. The molecule has 1 amide bonds. The Morgan fingerprint density at radius 3 is 2.61 bits per heavy atom. The van der Waals surface area contributed by atoms with Crippen molar-refractivity contribution in [2.24, 2.45) is 0 Å². The summed E-state index contributed by atoms with van der Waals surface area (Å²) in [7, 11) is 0. The van der Waals surface area contributed by atoms with Crippen molar-refractivity contribution in [1.29, 1.82) is 0 Å². The lowest BCUT2D eigenvalue weighted by molar-refractivity contribution is -0.125. The fourth-order valence-electron chi connectivity index (χ4n) is 2.23. The molecule has 0 aliphatic rings. The van der Waals surface area contributed by atoms with Crippen molar-refractivity contribution in [3.63, 3.8) is 0 Å². The SMILES string of the molecule is CCC(CO)NC(=O)C(Cc1ccc(F)cc1)n1nnnc1C. The summed E-state index contributed by atoms with van der Waals surface area (Å²) >= 11 is 0. The Bertz CT molecular complexity index is 640. The third-order valence-corrected chi connectivity index (χ3v) is 3.66. The van der Waals surface area contributed by atoms with Gasteiger partial charge in [0, 0.05) is 6.42 Å². The molecular formula is C15H20FN5O2. The van der Waals surface area contributed by atoms with E-state index in [0.29, 0.717) is 18.7 Å². The lowest BCUT2D eigenvalue weighted by Crippen LogP contribution is -2.42. The molecule has 2 N–H and O–H groups in total.